The molecule has 3 aromatic rings. The normalized spacial score (nSPS) is 11.5. The summed E-state index contributed by atoms with van der Waals surface area (Å²) in [5, 5.41) is 11.7. The van der Waals surface area contributed by atoms with Gasteiger partial charge in [-0.3, -0.25) is 9.36 Å². The van der Waals surface area contributed by atoms with Crippen molar-refractivity contribution in [3.63, 3.8) is 0 Å². The molecule has 8 heteroatoms. The molecule has 0 bridgehead atoms. The summed E-state index contributed by atoms with van der Waals surface area (Å²) >= 11 is 1.34. The SMILES string of the molecule is C=CCn1c(COc2ccc(OC)cc2)nnc1S[C@@H](C)C(=O)Nc1ccccc1. The monoisotopic (exact) mass is 424 g/mol. The Balaban J connectivity index is 1.65. The Kier molecular flexibility index (Phi) is 7.51. The number of para-hydroxylation sites is 1. The number of nitrogens with zero attached hydrogens (tertiary/aromatic N) is 3. The van der Waals surface area contributed by atoms with Crippen LogP contribution in [0.4, 0.5) is 5.69 Å². The third-order valence-corrected chi connectivity index (χ3v) is 5.31. The number of ether oxygens (including phenoxy) is 2. The van der Waals surface area contributed by atoms with Gasteiger partial charge in [0.15, 0.2) is 11.0 Å². The molecule has 1 N–H and O–H groups in total. The number of anilines is 1. The lowest BCUT2D eigenvalue weighted by atomic mass is 10.3. The number of amides is 1. The quantitative estimate of drug-likeness (QED) is 0.389. The van der Waals surface area contributed by atoms with Crippen molar-refractivity contribution in [3.8, 4) is 11.5 Å². The van der Waals surface area contributed by atoms with E-state index >= 15 is 0 Å². The standard InChI is InChI=1S/C22H24N4O3S/c1-4-14-26-20(15-29-19-12-10-18(28-3)11-13-19)24-25-22(26)30-16(2)21(27)23-17-8-6-5-7-9-17/h4-13,16H,1,14-15H2,2-3H3,(H,23,27)/t16-/m0/s1. The summed E-state index contributed by atoms with van der Waals surface area (Å²) in [5.41, 5.74) is 0.760. The number of allylic oxidation sites excluding steroid dienone is 1. The number of hydrogen-bond acceptors (Lipinski definition) is 6. The van der Waals surface area contributed by atoms with Gasteiger partial charge in [0.2, 0.25) is 5.91 Å². The molecule has 7 nitrogen and oxygen atoms in total. The fourth-order valence-electron chi connectivity index (χ4n) is 2.62. The molecule has 0 unspecified atom stereocenters. The van der Waals surface area contributed by atoms with Gasteiger partial charge in [-0.1, -0.05) is 36.0 Å². The van der Waals surface area contributed by atoms with Gasteiger partial charge < -0.3 is 14.8 Å². The molecule has 0 aliphatic carbocycles. The average Bonchev–Trinajstić information content (AvgIpc) is 3.14. The van der Waals surface area contributed by atoms with E-state index in [9.17, 15) is 4.79 Å². The van der Waals surface area contributed by atoms with Crippen LogP contribution in [-0.4, -0.2) is 33.0 Å². The number of thioether (sulfide) groups is 1. The summed E-state index contributed by atoms with van der Waals surface area (Å²) in [6.07, 6.45) is 1.76. The Labute approximate surface area is 180 Å². The third-order valence-electron chi connectivity index (χ3n) is 4.23. The number of aromatic nitrogens is 3. The maximum atomic E-state index is 12.5. The number of methoxy groups -OCH3 is 1. The Morgan fingerprint density at radius 3 is 2.53 bits per heavy atom. The molecule has 0 spiro atoms. The van der Waals surface area contributed by atoms with Crippen molar-refractivity contribution in [2.75, 3.05) is 12.4 Å². The lowest BCUT2D eigenvalue weighted by Crippen LogP contribution is -2.23. The van der Waals surface area contributed by atoms with E-state index in [0.29, 0.717) is 23.3 Å². The van der Waals surface area contributed by atoms with Crippen LogP contribution in [0.1, 0.15) is 12.7 Å². The van der Waals surface area contributed by atoms with E-state index in [0.717, 1.165) is 11.4 Å². The first-order chi connectivity index (χ1) is 14.6. The molecule has 3 rings (SSSR count). The second-order valence-corrected chi connectivity index (χ2v) is 7.69. The Morgan fingerprint density at radius 2 is 1.87 bits per heavy atom. The Morgan fingerprint density at radius 1 is 1.17 bits per heavy atom. The lowest BCUT2D eigenvalue weighted by Gasteiger charge is -2.13. The molecule has 30 heavy (non-hydrogen) atoms. The van der Waals surface area contributed by atoms with Crippen molar-refractivity contribution >= 4 is 23.4 Å². The van der Waals surface area contributed by atoms with E-state index in [1.165, 1.54) is 11.8 Å². The number of benzene rings is 2. The molecule has 0 aliphatic heterocycles. The molecule has 1 heterocycles. The molecule has 0 saturated heterocycles. The highest BCUT2D eigenvalue weighted by Gasteiger charge is 2.20. The number of nitrogens with one attached hydrogen (secondary N) is 1. The summed E-state index contributed by atoms with van der Waals surface area (Å²) in [6, 6.07) is 16.7. The van der Waals surface area contributed by atoms with Crippen LogP contribution < -0.4 is 14.8 Å². The Hall–Kier alpha value is -3.26. The summed E-state index contributed by atoms with van der Waals surface area (Å²) in [7, 11) is 1.62. The van der Waals surface area contributed by atoms with Gasteiger partial charge in [-0.05, 0) is 43.3 Å². The first kappa shape index (κ1) is 21.4. The molecule has 156 valence electrons. The van der Waals surface area contributed by atoms with Crippen LogP contribution in [0.3, 0.4) is 0 Å². The second kappa shape index (κ2) is 10.5. The second-order valence-electron chi connectivity index (χ2n) is 6.38. The van der Waals surface area contributed by atoms with Gasteiger partial charge in [-0.2, -0.15) is 0 Å². The van der Waals surface area contributed by atoms with E-state index in [2.05, 4.69) is 22.1 Å². The van der Waals surface area contributed by atoms with Crippen LogP contribution in [0.2, 0.25) is 0 Å². The van der Waals surface area contributed by atoms with E-state index in [4.69, 9.17) is 9.47 Å². The van der Waals surface area contributed by atoms with Gasteiger partial charge in [0.05, 0.1) is 12.4 Å². The molecular formula is C22H24N4O3S. The van der Waals surface area contributed by atoms with Crippen molar-refractivity contribution in [1.29, 1.82) is 0 Å². The molecule has 2 aromatic carbocycles. The van der Waals surface area contributed by atoms with Crippen LogP contribution in [0, 0.1) is 0 Å². The minimum Gasteiger partial charge on any atom is -0.497 e. The van der Waals surface area contributed by atoms with Gasteiger partial charge in [0.1, 0.15) is 18.1 Å². The van der Waals surface area contributed by atoms with Gasteiger partial charge >= 0.3 is 0 Å². The van der Waals surface area contributed by atoms with Gasteiger partial charge in [-0.25, -0.2) is 0 Å². The van der Waals surface area contributed by atoms with Crippen LogP contribution in [-0.2, 0) is 17.9 Å². The molecule has 0 saturated carbocycles. The zero-order valence-corrected chi connectivity index (χ0v) is 17.8. The topological polar surface area (TPSA) is 78.3 Å². The molecule has 1 amide bonds. The van der Waals surface area contributed by atoms with E-state index in [1.807, 2.05) is 66.1 Å². The predicted octanol–water partition coefficient (Wildman–Crippen LogP) is 4.17. The van der Waals surface area contributed by atoms with Gasteiger partial charge in [-0.15, -0.1) is 16.8 Å². The molecule has 1 aromatic heterocycles. The number of carbonyl (C=O) groups is 1. The van der Waals surface area contributed by atoms with Crippen LogP contribution >= 0.6 is 11.8 Å². The molecule has 0 radical (unpaired) electrons. The highest BCUT2D eigenvalue weighted by Crippen LogP contribution is 2.24. The summed E-state index contributed by atoms with van der Waals surface area (Å²) in [4.78, 5) is 12.5. The highest BCUT2D eigenvalue weighted by atomic mass is 32.2. The van der Waals surface area contributed by atoms with Crippen LogP contribution in [0.25, 0.3) is 0 Å². The van der Waals surface area contributed by atoms with E-state index in [1.54, 1.807) is 13.2 Å². The number of carbonyl (C=O) groups excluding carboxylic acids is 1. The Bertz CT molecular complexity index is 974. The van der Waals surface area contributed by atoms with E-state index < -0.39 is 0 Å². The van der Waals surface area contributed by atoms with Crippen molar-refractivity contribution in [2.24, 2.45) is 0 Å². The summed E-state index contributed by atoms with van der Waals surface area (Å²) < 4.78 is 12.9. The molecule has 0 fully saturated rings. The molecule has 1 atom stereocenters. The van der Waals surface area contributed by atoms with Gasteiger partial charge in [0.25, 0.3) is 0 Å². The number of hydrogen-bond donors (Lipinski definition) is 1. The van der Waals surface area contributed by atoms with Crippen LogP contribution in [0.5, 0.6) is 11.5 Å². The van der Waals surface area contributed by atoms with Crippen molar-refractivity contribution in [1.82, 2.24) is 14.8 Å². The minimum atomic E-state index is -0.353. The highest BCUT2D eigenvalue weighted by molar-refractivity contribution is 8.00. The minimum absolute atomic E-state index is 0.101. The first-order valence-corrected chi connectivity index (χ1v) is 10.3. The van der Waals surface area contributed by atoms with Gasteiger partial charge in [0, 0.05) is 12.2 Å². The predicted molar refractivity (Wildman–Crippen MR) is 118 cm³/mol. The van der Waals surface area contributed by atoms with E-state index in [-0.39, 0.29) is 17.8 Å². The van der Waals surface area contributed by atoms with Crippen LogP contribution in [0.15, 0.2) is 72.4 Å². The first-order valence-electron chi connectivity index (χ1n) is 9.43. The number of rotatable bonds is 10. The molecule has 0 aliphatic rings. The van der Waals surface area contributed by atoms with Crippen molar-refractivity contribution in [3.05, 3.63) is 73.1 Å². The smallest absolute Gasteiger partial charge is 0.237 e. The maximum absolute atomic E-state index is 12.5. The summed E-state index contributed by atoms with van der Waals surface area (Å²) in [5.74, 6) is 2.02. The largest absolute Gasteiger partial charge is 0.497 e. The molecular weight excluding hydrogens is 400 g/mol. The zero-order valence-electron chi connectivity index (χ0n) is 16.9. The average molecular weight is 425 g/mol. The fourth-order valence-corrected chi connectivity index (χ4v) is 3.50. The maximum Gasteiger partial charge on any atom is 0.237 e. The third kappa shape index (κ3) is 5.64. The van der Waals surface area contributed by atoms with Crippen molar-refractivity contribution < 1.29 is 14.3 Å². The zero-order chi connectivity index (χ0) is 21.3. The fraction of sp³-hybridized carbons (Fsp3) is 0.227. The summed E-state index contributed by atoms with van der Waals surface area (Å²) in [6.45, 7) is 6.41. The lowest BCUT2D eigenvalue weighted by molar-refractivity contribution is -0.115. The van der Waals surface area contributed by atoms with Crippen molar-refractivity contribution in [2.45, 2.75) is 30.5 Å².